The van der Waals surface area contributed by atoms with E-state index in [9.17, 15) is 19.6 Å². The zero-order valence-corrected chi connectivity index (χ0v) is 21.3. The number of ether oxygens (including phenoxy) is 1. The van der Waals surface area contributed by atoms with Crippen LogP contribution < -0.4 is 15.4 Å². The van der Waals surface area contributed by atoms with Crippen molar-refractivity contribution in [1.29, 1.82) is 5.26 Å². The number of benzene rings is 1. The molecule has 2 amide bonds. The molecule has 8 nitrogen and oxygen atoms in total. The normalized spacial score (nSPS) is 20.4. The predicted octanol–water partition coefficient (Wildman–Crippen LogP) is 4.27. The van der Waals surface area contributed by atoms with Crippen LogP contribution in [0.1, 0.15) is 62.9 Å². The zero-order valence-electron chi connectivity index (χ0n) is 20.5. The number of ketones is 1. The molecule has 2 heterocycles. The number of aromatic nitrogens is 1. The molecule has 36 heavy (non-hydrogen) atoms. The van der Waals surface area contributed by atoms with Crippen LogP contribution in [-0.4, -0.2) is 41.3 Å². The van der Waals surface area contributed by atoms with Gasteiger partial charge in [0, 0.05) is 23.8 Å². The van der Waals surface area contributed by atoms with E-state index in [4.69, 9.17) is 16.3 Å². The van der Waals surface area contributed by atoms with Gasteiger partial charge in [0.15, 0.2) is 11.6 Å². The van der Waals surface area contributed by atoms with Crippen molar-refractivity contribution in [1.82, 2.24) is 15.6 Å². The third-order valence-electron chi connectivity index (χ3n) is 7.00. The molecule has 3 N–H and O–H groups in total. The van der Waals surface area contributed by atoms with Crippen molar-refractivity contribution in [3.05, 3.63) is 28.7 Å². The Hall–Kier alpha value is -3.12. The quantitative estimate of drug-likeness (QED) is 0.407. The van der Waals surface area contributed by atoms with Gasteiger partial charge in [0.25, 0.3) is 0 Å². The molecule has 2 aliphatic rings. The van der Waals surface area contributed by atoms with E-state index in [1.165, 1.54) is 13.2 Å². The molecule has 1 aromatic heterocycles. The zero-order chi connectivity index (χ0) is 26.2. The largest absolute Gasteiger partial charge is 0.496 e. The highest BCUT2D eigenvalue weighted by molar-refractivity contribution is 6.35. The van der Waals surface area contributed by atoms with E-state index < -0.39 is 29.5 Å². The molecule has 1 saturated carbocycles. The summed E-state index contributed by atoms with van der Waals surface area (Å²) in [4.78, 5) is 41.4. The van der Waals surface area contributed by atoms with Crippen LogP contribution in [0, 0.1) is 34.9 Å². The topological polar surface area (TPSA) is 124 Å². The van der Waals surface area contributed by atoms with Gasteiger partial charge in [-0.15, -0.1) is 0 Å². The number of hydrogen-bond donors (Lipinski definition) is 3. The first-order valence-electron chi connectivity index (χ1n) is 12.1. The number of nitriles is 1. The van der Waals surface area contributed by atoms with Crippen molar-refractivity contribution >= 4 is 40.1 Å². The Morgan fingerprint density at radius 3 is 2.64 bits per heavy atom. The van der Waals surface area contributed by atoms with Gasteiger partial charge in [-0.25, -0.2) is 4.39 Å². The van der Waals surface area contributed by atoms with Crippen LogP contribution in [0.15, 0.2) is 12.1 Å². The fraction of sp³-hybridized carbons (Fsp3) is 0.538. The third kappa shape index (κ3) is 5.49. The van der Waals surface area contributed by atoms with E-state index >= 15 is 4.39 Å². The molecule has 3 atom stereocenters. The first-order chi connectivity index (χ1) is 17.0. The van der Waals surface area contributed by atoms with Crippen molar-refractivity contribution in [2.75, 3.05) is 7.11 Å². The van der Waals surface area contributed by atoms with Crippen molar-refractivity contribution in [3.8, 4) is 11.8 Å². The summed E-state index contributed by atoms with van der Waals surface area (Å²) in [5, 5.41) is 15.6. The van der Waals surface area contributed by atoms with Crippen molar-refractivity contribution in [3.63, 3.8) is 0 Å². The average Bonchev–Trinajstić information content (AvgIpc) is 3.51. The lowest BCUT2D eigenvalue weighted by Gasteiger charge is -2.20. The number of aromatic amines is 1. The lowest BCUT2D eigenvalue weighted by molar-refractivity contribution is -0.127. The fourth-order valence-electron chi connectivity index (χ4n) is 5.03. The van der Waals surface area contributed by atoms with Gasteiger partial charge in [-0.1, -0.05) is 24.4 Å². The van der Waals surface area contributed by atoms with Crippen LogP contribution in [0.25, 0.3) is 10.9 Å². The SMILES string of the molecule is COc1ccc(Cl)c2[nH]c(C(=O)C[C@@H](CC3CC3)C(=O)N[C@H](C#N)C[C@@H]3CC(C)(C)NC3=O)c(F)c12. The van der Waals surface area contributed by atoms with Crippen LogP contribution >= 0.6 is 11.6 Å². The number of halogens is 2. The maximum Gasteiger partial charge on any atom is 0.224 e. The summed E-state index contributed by atoms with van der Waals surface area (Å²) in [6, 6.07) is 4.27. The Labute approximate surface area is 213 Å². The highest BCUT2D eigenvalue weighted by Crippen LogP contribution is 2.38. The molecule has 0 bridgehead atoms. The van der Waals surface area contributed by atoms with Crippen LogP contribution in [0.5, 0.6) is 5.75 Å². The summed E-state index contributed by atoms with van der Waals surface area (Å²) < 4.78 is 20.5. The van der Waals surface area contributed by atoms with Gasteiger partial charge in [0.05, 0.1) is 29.1 Å². The average molecular weight is 517 g/mol. The molecular formula is C26H30ClFN4O4. The number of nitrogens with one attached hydrogen (secondary N) is 3. The van der Waals surface area contributed by atoms with E-state index in [0.717, 1.165) is 12.8 Å². The van der Waals surface area contributed by atoms with Gasteiger partial charge in [0.2, 0.25) is 11.8 Å². The highest BCUT2D eigenvalue weighted by Gasteiger charge is 2.39. The molecule has 10 heteroatoms. The summed E-state index contributed by atoms with van der Waals surface area (Å²) >= 11 is 6.19. The van der Waals surface area contributed by atoms with Gasteiger partial charge < -0.3 is 20.4 Å². The van der Waals surface area contributed by atoms with Crippen molar-refractivity contribution in [2.45, 2.75) is 64.0 Å². The molecule has 192 valence electrons. The number of nitrogens with zero attached hydrogens (tertiary/aromatic N) is 1. The van der Waals surface area contributed by atoms with Gasteiger partial charge in [-0.3, -0.25) is 14.4 Å². The van der Waals surface area contributed by atoms with E-state index in [1.807, 2.05) is 13.8 Å². The van der Waals surface area contributed by atoms with Gasteiger partial charge in [0.1, 0.15) is 17.5 Å². The Balaban J connectivity index is 1.49. The minimum Gasteiger partial charge on any atom is -0.496 e. The number of carbonyl (C=O) groups excluding carboxylic acids is 3. The predicted molar refractivity (Wildman–Crippen MR) is 132 cm³/mol. The molecule has 1 aromatic carbocycles. The molecule has 2 fully saturated rings. The van der Waals surface area contributed by atoms with E-state index in [2.05, 4.69) is 21.7 Å². The lowest BCUT2D eigenvalue weighted by atomic mass is 9.90. The highest BCUT2D eigenvalue weighted by atomic mass is 35.5. The third-order valence-corrected chi connectivity index (χ3v) is 7.32. The molecule has 0 unspecified atom stereocenters. The molecule has 0 spiro atoms. The van der Waals surface area contributed by atoms with E-state index in [-0.39, 0.29) is 57.6 Å². The number of amides is 2. The number of carbonyl (C=O) groups is 3. The van der Waals surface area contributed by atoms with Gasteiger partial charge in [-0.2, -0.15) is 5.26 Å². The second-order valence-corrected chi connectivity index (χ2v) is 10.9. The summed E-state index contributed by atoms with van der Waals surface area (Å²) in [5.74, 6) is -2.46. The van der Waals surface area contributed by atoms with Crippen LogP contribution in [0.3, 0.4) is 0 Å². The molecule has 4 rings (SSSR count). The first kappa shape index (κ1) is 26.0. The number of hydrogen-bond acceptors (Lipinski definition) is 5. The standard InChI is InChI=1S/C26H30ClFN4O4/c1-26(2)11-15(25(35)32-26)9-16(12-29)30-24(34)14(8-13-4-5-13)10-18(33)23-21(28)20-19(36-3)7-6-17(27)22(20)31-23/h6-7,13-16,31H,4-5,8-11H2,1-3H3,(H,30,34)(H,32,35)/t14-,15-,16+/m1/s1. The second kappa shape index (κ2) is 10.1. The monoisotopic (exact) mass is 516 g/mol. The molecular weight excluding hydrogens is 487 g/mol. The Bertz CT molecular complexity index is 1250. The molecule has 1 aliphatic heterocycles. The van der Waals surface area contributed by atoms with E-state index in [0.29, 0.717) is 18.8 Å². The molecule has 1 saturated heterocycles. The Kier molecular flexibility index (Phi) is 7.28. The maximum atomic E-state index is 15.3. The van der Waals surface area contributed by atoms with Crippen LogP contribution in [0.2, 0.25) is 5.02 Å². The molecule has 2 aromatic rings. The number of fused-ring (bicyclic) bond motifs is 1. The van der Waals surface area contributed by atoms with Crippen LogP contribution in [0.4, 0.5) is 4.39 Å². The van der Waals surface area contributed by atoms with E-state index in [1.54, 1.807) is 6.07 Å². The minimum atomic E-state index is -0.869. The fourth-order valence-corrected chi connectivity index (χ4v) is 5.24. The number of H-pyrrole nitrogens is 1. The maximum absolute atomic E-state index is 15.3. The second-order valence-electron chi connectivity index (χ2n) is 10.5. The van der Waals surface area contributed by atoms with Crippen molar-refractivity contribution < 1.29 is 23.5 Å². The molecule has 0 radical (unpaired) electrons. The summed E-state index contributed by atoms with van der Waals surface area (Å²) in [6.07, 6.45) is 2.93. The number of rotatable bonds is 10. The summed E-state index contributed by atoms with van der Waals surface area (Å²) in [6.45, 7) is 3.82. The Morgan fingerprint density at radius 1 is 1.33 bits per heavy atom. The molecule has 1 aliphatic carbocycles. The van der Waals surface area contributed by atoms with Gasteiger partial charge in [-0.05, 0) is 51.2 Å². The minimum absolute atomic E-state index is 0.0823. The summed E-state index contributed by atoms with van der Waals surface area (Å²) in [5.41, 5.74) is -0.365. The number of methoxy groups -OCH3 is 1. The van der Waals surface area contributed by atoms with Gasteiger partial charge >= 0.3 is 0 Å². The first-order valence-corrected chi connectivity index (χ1v) is 12.5. The lowest BCUT2D eigenvalue weighted by Crippen LogP contribution is -2.41. The summed E-state index contributed by atoms with van der Waals surface area (Å²) in [7, 11) is 1.40. The number of Topliss-reactive ketones (excluding diaryl/α,β-unsaturated/α-hetero) is 1. The van der Waals surface area contributed by atoms with Crippen LogP contribution in [-0.2, 0) is 9.59 Å². The Morgan fingerprint density at radius 2 is 2.06 bits per heavy atom. The van der Waals surface area contributed by atoms with Crippen molar-refractivity contribution in [2.24, 2.45) is 17.8 Å². The smallest absolute Gasteiger partial charge is 0.224 e.